The molecule has 2 amide bonds. The van der Waals surface area contributed by atoms with E-state index in [1.54, 1.807) is 6.20 Å². The third-order valence-electron chi connectivity index (χ3n) is 4.28. The van der Waals surface area contributed by atoms with Gasteiger partial charge in [-0.05, 0) is 26.0 Å². The molecule has 2 N–H and O–H groups in total. The van der Waals surface area contributed by atoms with Gasteiger partial charge in [0.2, 0.25) is 0 Å². The van der Waals surface area contributed by atoms with E-state index < -0.39 is 0 Å². The van der Waals surface area contributed by atoms with Gasteiger partial charge in [0.05, 0.1) is 17.6 Å². The molecule has 23 heavy (non-hydrogen) atoms. The molecular formula is C16H22N6O. The van der Waals surface area contributed by atoms with Crippen LogP contribution in [-0.4, -0.2) is 52.3 Å². The zero-order valence-corrected chi connectivity index (χ0v) is 13.5. The lowest BCUT2D eigenvalue weighted by Gasteiger charge is -2.35. The van der Waals surface area contributed by atoms with Gasteiger partial charge >= 0.3 is 6.03 Å². The lowest BCUT2D eigenvalue weighted by atomic mass is 10.2. The molecule has 1 saturated heterocycles. The third kappa shape index (κ3) is 3.44. The van der Waals surface area contributed by atoms with Crippen LogP contribution in [0.3, 0.4) is 0 Å². The number of anilines is 1. The first kappa shape index (κ1) is 15.3. The van der Waals surface area contributed by atoms with E-state index in [4.69, 9.17) is 0 Å². The van der Waals surface area contributed by atoms with Crippen LogP contribution in [0.2, 0.25) is 0 Å². The van der Waals surface area contributed by atoms with Gasteiger partial charge in [0.15, 0.2) is 0 Å². The van der Waals surface area contributed by atoms with Crippen molar-refractivity contribution in [1.82, 2.24) is 25.4 Å². The van der Waals surface area contributed by atoms with Crippen molar-refractivity contribution >= 4 is 11.7 Å². The van der Waals surface area contributed by atoms with Gasteiger partial charge in [-0.25, -0.2) is 4.79 Å². The van der Waals surface area contributed by atoms with E-state index in [2.05, 4.69) is 25.4 Å². The Kier molecular flexibility index (Phi) is 4.45. The summed E-state index contributed by atoms with van der Waals surface area (Å²) in [6, 6.07) is 3.97. The zero-order valence-electron chi connectivity index (χ0n) is 13.5. The van der Waals surface area contributed by atoms with Crippen LogP contribution in [0.5, 0.6) is 0 Å². The molecule has 1 aliphatic heterocycles. The maximum Gasteiger partial charge on any atom is 0.317 e. The van der Waals surface area contributed by atoms with Crippen LogP contribution in [0.4, 0.5) is 10.5 Å². The quantitative estimate of drug-likeness (QED) is 0.899. The summed E-state index contributed by atoms with van der Waals surface area (Å²) in [4.78, 5) is 20.6. The van der Waals surface area contributed by atoms with E-state index in [9.17, 15) is 4.79 Å². The van der Waals surface area contributed by atoms with Gasteiger partial charge in [-0.1, -0.05) is 0 Å². The van der Waals surface area contributed by atoms with Crippen LogP contribution in [-0.2, 0) is 6.54 Å². The average Bonchev–Trinajstić information content (AvgIpc) is 2.92. The molecule has 0 aliphatic carbocycles. The molecule has 0 aromatic carbocycles. The summed E-state index contributed by atoms with van der Waals surface area (Å²) in [5.74, 6) is 0. The van der Waals surface area contributed by atoms with Gasteiger partial charge in [0.1, 0.15) is 0 Å². The van der Waals surface area contributed by atoms with E-state index in [-0.39, 0.29) is 6.03 Å². The number of pyridine rings is 1. The first-order valence-electron chi connectivity index (χ1n) is 7.83. The van der Waals surface area contributed by atoms with E-state index in [1.165, 1.54) is 0 Å². The average molecular weight is 314 g/mol. The Morgan fingerprint density at radius 2 is 2.09 bits per heavy atom. The highest BCUT2D eigenvalue weighted by atomic mass is 16.2. The number of aryl methyl sites for hydroxylation is 2. The summed E-state index contributed by atoms with van der Waals surface area (Å²) in [5, 5.41) is 10.1. The second-order valence-corrected chi connectivity index (χ2v) is 5.76. The number of urea groups is 1. The minimum Gasteiger partial charge on any atom is -0.367 e. The Balaban J connectivity index is 1.50. The third-order valence-corrected chi connectivity index (χ3v) is 4.28. The van der Waals surface area contributed by atoms with Gasteiger partial charge in [0.25, 0.3) is 0 Å². The number of rotatable bonds is 3. The summed E-state index contributed by atoms with van der Waals surface area (Å²) in [6.07, 6.45) is 3.63. The number of aromatic nitrogens is 3. The van der Waals surface area contributed by atoms with E-state index >= 15 is 0 Å². The van der Waals surface area contributed by atoms with Crippen molar-refractivity contribution in [3.8, 4) is 0 Å². The molecule has 1 aliphatic rings. The molecule has 0 radical (unpaired) electrons. The Labute approximate surface area is 135 Å². The highest BCUT2D eigenvalue weighted by molar-refractivity contribution is 5.74. The van der Waals surface area contributed by atoms with Gasteiger partial charge in [-0.15, -0.1) is 0 Å². The number of hydrogen-bond acceptors (Lipinski definition) is 4. The summed E-state index contributed by atoms with van der Waals surface area (Å²) in [7, 11) is 0. The van der Waals surface area contributed by atoms with Crippen molar-refractivity contribution in [3.63, 3.8) is 0 Å². The first-order chi connectivity index (χ1) is 11.1. The largest absolute Gasteiger partial charge is 0.367 e. The van der Waals surface area contributed by atoms with E-state index in [0.717, 1.165) is 35.7 Å². The Hall–Kier alpha value is -2.57. The molecule has 0 spiro atoms. The number of aromatic amines is 1. The minimum absolute atomic E-state index is 0.0177. The molecule has 0 saturated carbocycles. The molecule has 7 heteroatoms. The predicted molar refractivity (Wildman–Crippen MR) is 88.3 cm³/mol. The summed E-state index contributed by atoms with van der Waals surface area (Å²) < 4.78 is 0. The van der Waals surface area contributed by atoms with Gasteiger partial charge < -0.3 is 15.1 Å². The molecule has 0 unspecified atom stereocenters. The van der Waals surface area contributed by atoms with Crippen molar-refractivity contribution in [2.45, 2.75) is 20.4 Å². The van der Waals surface area contributed by atoms with Crippen molar-refractivity contribution < 1.29 is 4.79 Å². The molecule has 2 aromatic rings. The molecule has 0 bridgehead atoms. The van der Waals surface area contributed by atoms with Crippen LogP contribution in [0.1, 0.15) is 17.0 Å². The van der Waals surface area contributed by atoms with Gasteiger partial charge in [-0.3, -0.25) is 10.1 Å². The minimum atomic E-state index is -0.0177. The molecule has 1 fully saturated rings. The SMILES string of the molecule is Cc1n[nH]c(C)c1CNC(=O)N1CCN(c2cccnc2)CC1. The van der Waals surface area contributed by atoms with Crippen molar-refractivity contribution in [3.05, 3.63) is 41.5 Å². The maximum absolute atomic E-state index is 12.3. The van der Waals surface area contributed by atoms with Crippen LogP contribution < -0.4 is 10.2 Å². The molecule has 122 valence electrons. The first-order valence-corrected chi connectivity index (χ1v) is 7.83. The maximum atomic E-state index is 12.3. The normalized spacial score (nSPS) is 14.9. The smallest absolute Gasteiger partial charge is 0.317 e. The van der Waals surface area contributed by atoms with Gasteiger partial charge in [-0.2, -0.15) is 5.10 Å². The highest BCUT2D eigenvalue weighted by Crippen LogP contribution is 2.14. The number of piperazine rings is 1. The fourth-order valence-electron chi connectivity index (χ4n) is 2.82. The zero-order chi connectivity index (χ0) is 16.2. The second kappa shape index (κ2) is 6.68. The number of hydrogen-bond donors (Lipinski definition) is 2. The summed E-state index contributed by atoms with van der Waals surface area (Å²) >= 11 is 0. The van der Waals surface area contributed by atoms with Crippen molar-refractivity contribution in [2.75, 3.05) is 31.1 Å². The fraction of sp³-hybridized carbons (Fsp3) is 0.438. The number of nitrogens with one attached hydrogen (secondary N) is 2. The Morgan fingerprint density at radius 3 is 2.70 bits per heavy atom. The second-order valence-electron chi connectivity index (χ2n) is 5.76. The molecule has 0 atom stereocenters. The standard InChI is InChI=1S/C16H22N6O/c1-12-15(13(2)20-19-12)11-18-16(23)22-8-6-21(7-9-22)14-4-3-5-17-10-14/h3-5,10H,6-9,11H2,1-2H3,(H,18,23)(H,19,20). The van der Waals surface area contributed by atoms with Crippen LogP contribution in [0.15, 0.2) is 24.5 Å². The monoisotopic (exact) mass is 314 g/mol. The predicted octanol–water partition coefficient (Wildman–Crippen LogP) is 1.45. The fourth-order valence-corrected chi connectivity index (χ4v) is 2.82. The molecule has 3 heterocycles. The van der Waals surface area contributed by atoms with Crippen LogP contribution >= 0.6 is 0 Å². The number of carbonyl (C=O) groups is 1. The summed E-state index contributed by atoms with van der Waals surface area (Å²) in [5.41, 5.74) is 4.11. The number of H-pyrrole nitrogens is 1. The van der Waals surface area contributed by atoms with Crippen LogP contribution in [0, 0.1) is 13.8 Å². The van der Waals surface area contributed by atoms with Crippen LogP contribution in [0.25, 0.3) is 0 Å². The molecule has 3 rings (SSSR count). The molecule has 2 aromatic heterocycles. The van der Waals surface area contributed by atoms with Crippen molar-refractivity contribution in [1.29, 1.82) is 0 Å². The van der Waals surface area contributed by atoms with Crippen molar-refractivity contribution in [2.24, 2.45) is 0 Å². The topological polar surface area (TPSA) is 77.2 Å². The lowest BCUT2D eigenvalue weighted by Crippen LogP contribution is -2.51. The molecular weight excluding hydrogens is 292 g/mol. The number of amides is 2. The highest BCUT2D eigenvalue weighted by Gasteiger charge is 2.21. The number of carbonyl (C=O) groups excluding carboxylic acids is 1. The van der Waals surface area contributed by atoms with E-state index in [1.807, 2.05) is 37.1 Å². The van der Waals surface area contributed by atoms with E-state index in [0.29, 0.717) is 19.6 Å². The molecule has 7 nitrogen and oxygen atoms in total. The lowest BCUT2D eigenvalue weighted by molar-refractivity contribution is 0.194. The van der Waals surface area contributed by atoms with Gasteiger partial charge in [0, 0.05) is 50.2 Å². The Morgan fingerprint density at radius 1 is 1.30 bits per heavy atom. The Bertz CT molecular complexity index is 641. The number of nitrogens with zero attached hydrogens (tertiary/aromatic N) is 4. The summed E-state index contributed by atoms with van der Waals surface area (Å²) in [6.45, 7) is 7.49.